The van der Waals surface area contributed by atoms with Crippen molar-refractivity contribution in [3.8, 4) is 17.2 Å². The maximum absolute atomic E-state index is 12.6. The predicted molar refractivity (Wildman–Crippen MR) is 105 cm³/mol. The van der Waals surface area contributed by atoms with Crippen molar-refractivity contribution in [3.63, 3.8) is 0 Å². The number of anilines is 1. The number of rotatable bonds is 8. The van der Waals surface area contributed by atoms with Gasteiger partial charge in [-0.1, -0.05) is 6.07 Å². The van der Waals surface area contributed by atoms with Crippen molar-refractivity contribution in [1.82, 2.24) is 5.32 Å². The largest absolute Gasteiger partial charge is 0.497 e. The lowest BCUT2D eigenvalue weighted by Gasteiger charge is -2.17. The van der Waals surface area contributed by atoms with Crippen molar-refractivity contribution in [2.75, 3.05) is 25.7 Å². The molecule has 0 aliphatic carbocycles. The van der Waals surface area contributed by atoms with E-state index < -0.39 is 12.5 Å². The summed E-state index contributed by atoms with van der Waals surface area (Å²) in [5, 5.41) is 2.75. The Balaban J connectivity index is 1.60. The average Bonchev–Trinajstić information content (AvgIpc) is 3.13. The molecule has 7 nitrogen and oxygen atoms in total. The lowest BCUT2D eigenvalue weighted by Crippen LogP contribution is -2.32. The average molecular weight is 420 g/mol. The van der Waals surface area contributed by atoms with Crippen LogP contribution in [-0.4, -0.2) is 39.2 Å². The molecule has 3 rings (SSSR count). The summed E-state index contributed by atoms with van der Waals surface area (Å²) in [5.74, 6) is -0.198. The molecule has 9 heteroatoms. The fraction of sp³-hybridized carbons (Fsp3) is 0.333. The number of carbonyl (C=O) groups excluding carboxylic acids is 2. The summed E-state index contributed by atoms with van der Waals surface area (Å²) >= 11 is 0. The quantitative estimate of drug-likeness (QED) is 0.711. The molecule has 0 aromatic heterocycles. The number of methoxy groups -OCH3 is 2. The minimum atomic E-state index is -2.99. The first-order valence-corrected chi connectivity index (χ1v) is 9.25. The fourth-order valence-electron chi connectivity index (χ4n) is 3.25. The van der Waals surface area contributed by atoms with Crippen LogP contribution in [0.2, 0.25) is 0 Å². The topological polar surface area (TPSA) is 77.1 Å². The second kappa shape index (κ2) is 9.43. The molecule has 2 amide bonds. The van der Waals surface area contributed by atoms with Crippen molar-refractivity contribution in [3.05, 3.63) is 48.0 Å². The van der Waals surface area contributed by atoms with E-state index in [-0.39, 0.29) is 42.8 Å². The zero-order valence-corrected chi connectivity index (χ0v) is 16.6. The van der Waals surface area contributed by atoms with E-state index in [0.29, 0.717) is 17.0 Å². The van der Waals surface area contributed by atoms with E-state index in [4.69, 9.17) is 9.47 Å². The number of ether oxygens (including phenoxy) is 3. The van der Waals surface area contributed by atoms with Gasteiger partial charge in [-0.2, -0.15) is 8.78 Å². The molecule has 0 radical (unpaired) electrons. The Hall–Kier alpha value is -3.36. The van der Waals surface area contributed by atoms with Gasteiger partial charge in [0.05, 0.1) is 20.1 Å². The summed E-state index contributed by atoms with van der Waals surface area (Å²) in [6, 6.07) is 11.5. The molecule has 1 fully saturated rings. The fourth-order valence-corrected chi connectivity index (χ4v) is 3.25. The lowest BCUT2D eigenvalue weighted by atomic mass is 10.1. The van der Waals surface area contributed by atoms with Gasteiger partial charge in [-0.05, 0) is 42.0 Å². The summed E-state index contributed by atoms with van der Waals surface area (Å²) in [4.78, 5) is 26.5. The third-order valence-electron chi connectivity index (χ3n) is 4.79. The molecule has 2 aromatic rings. The van der Waals surface area contributed by atoms with Crippen LogP contribution in [0.4, 0.5) is 14.5 Å². The van der Waals surface area contributed by atoms with Gasteiger partial charge in [-0.25, -0.2) is 0 Å². The Morgan fingerprint density at radius 1 is 1.13 bits per heavy atom. The normalized spacial score (nSPS) is 16.0. The van der Waals surface area contributed by atoms with E-state index >= 15 is 0 Å². The highest BCUT2D eigenvalue weighted by atomic mass is 19.3. The third kappa shape index (κ3) is 4.97. The smallest absolute Gasteiger partial charge is 0.387 e. The summed E-state index contributed by atoms with van der Waals surface area (Å²) in [6.45, 7) is -2.62. The van der Waals surface area contributed by atoms with Crippen molar-refractivity contribution in [2.45, 2.75) is 19.6 Å². The minimum absolute atomic E-state index is 0.0974. The number of halogens is 2. The highest BCUT2D eigenvalue weighted by Crippen LogP contribution is 2.30. The van der Waals surface area contributed by atoms with Gasteiger partial charge in [0.15, 0.2) is 11.5 Å². The standard InChI is InChI=1S/C21H22F2N2O5/c1-28-16-6-4-15(5-7-16)25-12-14(10-19(25)26)20(27)24-11-13-3-8-17(29-2)18(9-13)30-21(22)23/h3-9,14,21H,10-12H2,1-2H3,(H,24,27). The van der Waals surface area contributed by atoms with Crippen LogP contribution in [0.25, 0.3) is 0 Å². The van der Waals surface area contributed by atoms with Gasteiger partial charge in [0, 0.05) is 25.2 Å². The maximum atomic E-state index is 12.6. The minimum Gasteiger partial charge on any atom is -0.497 e. The second-order valence-corrected chi connectivity index (χ2v) is 6.68. The van der Waals surface area contributed by atoms with Crippen LogP contribution >= 0.6 is 0 Å². The van der Waals surface area contributed by atoms with Crippen molar-refractivity contribution < 1.29 is 32.6 Å². The van der Waals surface area contributed by atoms with Crippen molar-refractivity contribution in [2.24, 2.45) is 5.92 Å². The Bertz CT molecular complexity index is 905. The monoisotopic (exact) mass is 420 g/mol. The van der Waals surface area contributed by atoms with Crippen molar-refractivity contribution >= 4 is 17.5 Å². The SMILES string of the molecule is COc1ccc(N2CC(C(=O)NCc3ccc(OC)c(OC(F)F)c3)CC2=O)cc1. The Morgan fingerprint density at radius 3 is 2.50 bits per heavy atom. The van der Waals surface area contributed by atoms with Gasteiger partial charge in [0.2, 0.25) is 11.8 Å². The number of carbonyl (C=O) groups is 2. The highest BCUT2D eigenvalue weighted by molar-refractivity contribution is 6.00. The zero-order valence-electron chi connectivity index (χ0n) is 16.6. The molecule has 1 unspecified atom stereocenters. The molecule has 1 N–H and O–H groups in total. The first-order valence-electron chi connectivity index (χ1n) is 9.25. The molecule has 30 heavy (non-hydrogen) atoms. The number of hydrogen-bond donors (Lipinski definition) is 1. The molecule has 0 spiro atoms. The van der Waals surface area contributed by atoms with Crippen LogP contribution in [0.15, 0.2) is 42.5 Å². The molecule has 1 aliphatic heterocycles. The second-order valence-electron chi connectivity index (χ2n) is 6.68. The summed E-state index contributed by atoms with van der Waals surface area (Å²) < 4.78 is 39.7. The van der Waals surface area contributed by atoms with E-state index in [9.17, 15) is 18.4 Å². The molecule has 1 aliphatic rings. The molecule has 160 valence electrons. The number of alkyl halides is 2. The lowest BCUT2D eigenvalue weighted by molar-refractivity contribution is -0.126. The van der Waals surface area contributed by atoms with E-state index in [1.807, 2.05) is 0 Å². The first-order chi connectivity index (χ1) is 14.4. The molecule has 0 saturated carbocycles. The van der Waals surface area contributed by atoms with Crippen molar-refractivity contribution in [1.29, 1.82) is 0 Å². The van der Waals surface area contributed by atoms with E-state index in [2.05, 4.69) is 10.1 Å². The zero-order chi connectivity index (χ0) is 21.7. The summed E-state index contributed by atoms with van der Waals surface area (Å²) in [5.41, 5.74) is 1.26. The number of nitrogens with one attached hydrogen (secondary N) is 1. The van der Waals surface area contributed by atoms with Gasteiger partial charge in [0.25, 0.3) is 0 Å². The molecule has 1 saturated heterocycles. The van der Waals surface area contributed by atoms with Gasteiger partial charge in [-0.15, -0.1) is 0 Å². The molecule has 1 atom stereocenters. The van der Waals surface area contributed by atoms with Gasteiger partial charge in [0.1, 0.15) is 5.75 Å². The molecule has 0 bridgehead atoms. The number of nitrogens with zero attached hydrogens (tertiary/aromatic N) is 1. The van der Waals surface area contributed by atoms with E-state index in [1.54, 1.807) is 42.3 Å². The van der Waals surface area contributed by atoms with Crippen LogP contribution in [0.3, 0.4) is 0 Å². The van der Waals surface area contributed by atoms with Crippen LogP contribution in [0.1, 0.15) is 12.0 Å². The third-order valence-corrected chi connectivity index (χ3v) is 4.79. The molecular weight excluding hydrogens is 398 g/mol. The number of amides is 2. The Kier molecular flexibility index (Phi) is 6.71. The van der Waals surface area contributed by atoms with Gasteiger partial charge >= 0.3 is 6.61 Å². The van der Waals surface area contributed by atoms with Crippen LogP contribution in [0.5, 0.6) is 17.2 Å². The number of benzene rings is 2. The Labute approximate surface area is 172 Å². The number of hydrogen-bond acceptors (Lipinski definition) is 5. The van der Waals surface area contributed by atoms with E-state index in [1.165, 1.54) is 19.2 Å². The molecular formula is C21H22F2N2O5. The summed E-state index contributed by atoms with van der Waals surface area (Å²) in [6.07, 6.45) is 0.0974. The predicted octanol–water partition coefficient (Wildman–Crippen LogP) is 2.97. The highest BCUT2D eigenvalue weighted by Gasteiger charge is 2.35. The van der Waals surface area contributed by atoms with E-state index in [0.717, 1.165) is 0 Å². The maximum Gasteiger partial charge on any atom is 0.387 e. The molecule has 1 heterocycles. The Morgan fingerprint density at radius 2 is 1.87 bits per heavy atom. The van der Waals surface area contributed by atoms with Gasteiger partial charge in [-0.3, -0.25) is 9.59 Å². The van der Waals surface area contributed by atoms with Crippen LogP contribution in [0, 0.1) is 5.92 Å². The van der Waals surface area contributed by atoms with Gasteiger partial charge < -0.3 is 24.4 Å². The van der Waals surface area contributed by atoms with Crippen LogP contribution < -0.4 is 24.4 Å². The first kappa shape index (κ1) is 21.4. The molecule has 2 aromatic carbocycles. The van der Waals surface area contributed by atoms with Crippen LogP contribution in [-0.2, 0) is 16.1 Å². The summed E-state index contributed by atoms with van der Waals surface area (Å²) in [7, 11) is 2.91.